The van der Waals surface area contributed by atoms with Crippen molar-refractivity contribution in [3.8, 4) is 0 Å². The Morgan fingerprint density at radius 1 is 1.47 bits per heavy atom. The first-order chi connectivity index (χ1) is 8.88. The molecule has 1 atom stereocenters. The van der Waals surface area contributed by atoms with Crippen molar-refractivity contribution in [2.24, 2.45) is 5.14 Å². The van der Waals surface area contributed by atoms with Crippen LogP contribution >= 0.6 is 0 Å². The smallest absolute Gasteiger partial charge is 0.238 e. The largest absolute Gasteiger partial charge is 0.383 e. The highest BCUT2D eigenvalue weighted by molar-refractivity contribution is 7.89. The third kappa shape index (κ3) is 4.87. The highest BCUT2D eigenvalue weighted by Gasteiger charge is 2.15. The zero-order valence-corrected chi connectivity index (χ0v) is 11.8. The Bertz CT molecular complexity index is 514. The van der Waals surface area contributed by atoms with Crippen LogP contribution in [0.1, 0.15) is 12.5 Å². The Kier molecular flexibility index (Phi) is 5.86. The van der Waals surface area contributed by atoms with Crippen LogP contribution in [0.4, 0.5) is 4.39 Å². The average molecular weight is 290 g/mol. The number of rotatable bonds is 7. The normalized spacial score (nSPS) is 13.5. The molecule has 1 unspecified atom stereocenters. The van der Waals surface area contributed by atoms with Gasteiger partial charge in [-0.05, 0) is 30.7 Å². The summed E-state index contributed by atoms with van der Waals surface area (Å²) in [6, 6.07) is 3.67. The van der Waals surface area contributed by atoms with Gasteiger partial charge in [-0.15, -0.1) is 0 Å². The van der Waals surface area contributed by atoms with Crippen LogP contribution in [0.5, 0.6) is 0 Å². The lowest BCUT2D eigenvalue weighted by Gasteiger charge is -2.17. The summed E-state index contributed by atoms with van der Waals surface area (Å²) in [5.41, 5.74) is 0.426. The van der Waals surface area contributed by atoms with Gasteiger partial charge in [0.2, 0.25) is 10.0 Å². The molecule has 1 aromatic carbocycles. The third-order valence-electron chi connectivity index (χ3n) is 2.68. The SMILES string of the molecule is CCNC(COC)Cc1ccc(S(N)(=O)=O)cc1F. The lowest BCUT2D eigenvalue weighted by Crippen LogP contribution is -2.35. The Morgan fingerprint density at radius 3 is 2.63 bits per heavy atom. The molecule has 0 bridgehead atoms. The number of nitrogens with two attached hydrogens (primary N) is 1. The van der Waals surface area contributed by atoms with Gasteiger partial charge in [-0.1, -0.05) is 13.0 Å². The zero-order chi connectivity index (χ0) is 14.5. The highest BCUT2D eigenvalue weighted by Crippen LogP contribution is 2.15. The summed E-state index contributed by atoms with van der Waals surface area (Å²) in [5, 5.41) is 8.12. The molecule has 3 N–H and O–H groups in total. The predicted octanol–water partition coefficient (Wildman–Crippen LogP) is 0.640. The second kappa shape index (κ2) is 6.95. The fraction of sp³-hybridized carbons (Fsp3) is 0.500. The maximum atomic E-state index is 13.8. The third-order valence-corrected chi connectivity index (χ3v) is 3.59. The molecule has 0 heterocycles. The maximum Gasteiger partial charge on any atom is 0.238 e. The van der Waals surface area contributed by atoms with Gasteiger partial charge in [0.1, 0.15) is 5.82 Å². The van der Waals surface area contributed by atoms with E-state index in [0.717, 1.165) is 12.6 Å². The summed E-state index contributed by atoms with van der Waals surface area (Å²) in [4.78, 5) is -0.222. The topological polar surface area (TPSA) is 81.4 Å². The number of primary sulfonamides is 1. The first-order valence-corrected chi connectivity index (χ1v) is 7.46. The first kappa shape index (κ1) is 16.0. The van der Waals surface area contributed by atoms with E-state index in [2.05, 4.69) is 5.32 Å². The molecule has 19 heavy (non-hydrogen) atoms. The standard InChI is InChI=1S/C12H19FN2O3S/c1-3-15-10(8-18-2)6-9-4-5-11(7-12(9)13)19(14,16)17/h4-5,7,10,15H,3,6,8H2,1-2H3,(H2,14,16,17). The second-order valence-electron chi connectivity index (χ2n) is 4.21. The molecule has 0 aliphatic rings. The number of ether oxygens (including phenoxy) is 1. The number of halogens is 1. The number of likely N-dealkylation sites (N-methyl/N-ethyl adjacent to an activating group) is 1. The molecular formula is C12H19FN2O3S. The van der Waals surface area contributed by atoms with Gasteiger partial charge in [-0.25, -0.2) is 17.9 Å². The van der Waals surface area contributed by atoms with E-state index in [-0.39, 0.29) is 10.9 Å². The molecule has 0 saturated carbocycles. The van der Waals surface area contributed by atoms with E-state index in [1.165, 1.54) is 12.1 Å². The molecule has 0 aromatic heterocycles. The van der Waals surface area contributed by atoms with E-state index in [1.54, 1.807) is 7.11 Å². The van der Waals surface area contributed by atoms with Crippen molar-refractivity contribution in [1.82, 2.24) is 5.32 Å². The maximum absolute atomic E-state index is 13.8. The lowest BCUT2D eigenvalue weighted by atomic mass is 10.1. The molecule has 5 nitrogen and oxygen atoms in total. The lowest BCUT2D eigenvalue weighted by molar-refractivity contribution is 0.166. The van der Waals surface area contributed by atoms with E-state index in [0.29, 0.717) is 18.6 Å². The van der Waals surface area contributed by atoms with Crippen LogP contribution in [0.3, 0.4) is 0 Å². The monoisotopic (exact) mass is 290 g/mol. The van der Waals surface area contributed by atoms with Crippen LogP contribution in [0.2, 0.25) is 0 Å². The minimum Gasteiger partial charge on any atom is -0.383 e. The molecule has 1 aromatic rings. The summed E-state index contributed by atoms with van der Waals surface area (Å²) >= 11 is 0. The van der Waals surface area contributed by atoms with Crippen molar-refractivity contribution in [2.75, 3.05) is 20.3 Å². The molecule has 0 amide bonds. The van der Waals surface area contributed by atoms with Crippen molar-refractivity contribution in [3.63, 3.8) is 0 Å². The highest BCUT2D eigenvalue weighted by atomic mass is 32.2. The number of benzene rings is 1. The number of hydrogen-bond acceptors (Lipinski definition) is 4. The summed E-state index contributed by atoms with van der Waals surface area (Å²) in [5.74, 6) is -0.578. The van der Waals surface area contributed by atoms with Gasteiger partial charge in [0.05, 0.1) is 11.5 Å². The molecule has 7 heteroatoms. The molecule has 0 spiro atoms. The molecule has 0 saturated heterocycles. The molecule has 1 rings (SSSR count). The van der Waals surface area contributed by atoms with E-state index >= 15 is 0 Å². The van der Waals surface area contributed by atoms with E-state index < -0.39 is 15.8 Å². The Labute approximate surface area is 113 Å². The summed E-state index contributed by atoms with van der Waals surface area (Å²) in [6.45, 7) is 3.14. The molecular weight excluding hydrogens is 271 g/mol. The van der Waals surface area contributed by atoms with E-state index in [1.807, 2.05) is 6.92 Å². The number of hydrogen-bond donors (Lipinski definition) is 2. The molecule has 108 valence electrons. The predicted molar refractivity (Wildman–Crippen MR) is 70.8 cm³/mol. The molecule has 0 fully saturated rings. The first-order valence-electron chi connectivity index (χ1n) is 5.92. The van der Waals surface area contributed by atoms with Crippen LogP contribution in [0.25, 0.3) is 0 Å². The van der Waals surface area contributed by atoms with Crippen LogP contribution in [-0.4, -0.2) is 34.7 Å². The van der Waals surface area contributed by atoms with Gasteiger partial charge in [-0.2, -0.15) is 0 Å². The minimum atomic E-state index is -3.87. The van der Waals surface area contributed by atoms with Gasteiger partial charge < -0.3 is 10.1 Å². The van der Waals surface area contributed by atoms with Crippen molar-refractivity contribution < 1.29 is 17.5 Å². The minimum absolute atomic E-state index is 0.0233. The van der Waals surface area contributed by atoms with Gasteiger partial charge >= 0.3 is 0 Å². The molecule has 0 radical (unpaired) electrons. The van der Waals surface area contributed by atoms with Crippen LogP contribution < -0.4 is 10.5 Å². The Morgan fingerprint density at radius 2 is 2.16 bits per heavy atom. The average Bonchev–Trinajstić information content (AvgIpc) is 2.31. The van der Waals surface area contributed by atoms with E-state index in [4.69, 9.17) is 9.88 Å². The fourth-order valence-corrected chi connectivity index (χ4v) is 2.34. The van der Waals surface area contributed by atoms with Crippen LogP contribution in [-0.2, 0) is 21.2 Å². The van der Waals surface area contributed by atoms with Crippen molar-refractivity contribution in [2.45, 2.75) is 24.3 Å². The molecule has 0 aliphatic carbocycles. The van der Waals surface area contributed by atoms with Gasteiger partial charge in [-0.3, -0.25) is 0 Å². The van der Waals surface area contributed by atoms with Crippen molar-refractivity contribution >= 4 is 10.0 Å². The molecule has 0 aliphatic heterocycles. The Balaban J connectivity index is 2.90. The van der Waals surface area contributed by atoms with Crippen LogP contribution in [0.15, 0.2) is 23.1 Å². The number of nitrogens with one attached hydrogen (secondary N) is 1. The van der Waals surface area contributed by atoms with Crippen molar-refractivity contribution in [3.05, 3.63) is 29.6 Å². The number of methoxy groups -OCH3 is 1. The van der Waals surface area contributed by atoms with E-state index in [9.17, 15) is 12.8 Å². The summed E-state index contributed by atoms with van der Waals surface area (Å²) < 4.78 is 41.1. The van der Waals surface area contributed by atoms with Gasteiger partial charge in [0, 0.05) is 13.2 Å². The zero-order valence-electron chi connectivity index (χ0n) is 11.0. The van der Waals surface area contributed by atoms with Crippen molar-refractivity contribution in [1.29, 1.82) is 0 Å². The van der Waals surface area contributed by atoms with Gasteiger partial charge in [0.15, 0.2) is 0 Å². The number of sulfonamides is 1. The van der Waals surface area contributed by atoms with Crippen LogP contribution in [0, 0.1) is 5.82 Å². The second-order valence-corrected chi connectivity index (χ2v) is 5.77. The quantitative estimate of drug-likeness (QED) is 0.772. The summed E-state index contributed by atoms with van der Waals surface area (Å²) in [6.07, 6.45) is 0.415. The Hall–Kier alpha value is -1.02. The van der Waals surface area contributed by atoms with Gasteiger partial charge in [0.25, 0.3) is 0 Å². The summed E-state index contributed by atoms with van der Waals surface area (Å²) in [7, 11) is -2.30. The fourth-order valence-electron chi connectivity index (χ4n) is 1.82.